The van der Waals surface area contributed by atoms with Gasteiger partial charge in [-0.25, -0.2) is 11.7 Å². The maximum Gasteiger partial charge on any atom is 0.263 e. The first-order valence-electron chi connectivity index (χ1n) is 26.5. The number of para-hydroxylation sites is 6. The molecule has 3 aliphatic rings. The molecule has 6 aromatic carbocycles. The van der Waals surface area contributed by atoms with E-state index in [-0.39, 0.29) is 11.8 Å². The van der Waals surface area contributed by atoms with E-state index in [2.05, 4.69) is 222 Å². The predicted octanol–water partition coefficient (Wildman–Crippen LogP) is 11.2. The first kappa shape index (κ1) is 50.3. The monoisotopic (exact) mass is 1040 g/mol. The van der Waals surface area contributed by atoms with Crippen LogP contribution in [0.3, 0.4) is 0 Å². The lowest BCUT2D eigenvalue weighted by Crippen LogP contribution is -2.50. The van der Waals surface area contributed by atoms with Crippen LogP contribution in [0.15, 0.2) is 182 Å². The van der Waals surface area contributed by atoms with Crippen LogP contribution in [0.5, 0.6) is 0 Å². The molecule has 14 heteroatoms. The molecule has 0 atom stereocenters. The average Bonchev–Trinajstić information content (AvgIpc) is 4.04. The van der Waals surface area contributed by atoms with Crippen LogP contribution in [0.4, 0.5) is 22.7 Å². The Morgan fingerprint density at radius 3 is 1.28 bits per heavy atom. The summed E-state index contributed by atoms with van der Waals surface area (Å²) in [5.41, 5.74) is 16.3. The van der Waals surface area contributed by atoms with Crippen molar-refractivity contribution < 1.29 is 18.7 Å². The second-order valence-corrected chi connectivity index (χ2v) is 21.6. The molecule has 0 unspecified atom stereocenters. The van der Waals surface area contributed by atoms with Crippen molar-refractivity contribution in [2.24, 2.45) is 11.7 Å². The average molecular weight is 1050 g/mol. The van der Waals surface area contributed by atoms with Crippen LogP contribution in [-0.2, 0) is 22.7 Å². The van der Waals surface area contributed by atoms with Crippen LogP contribution in [0.25, 0.3) is 43.7 Å². The van der Waals surface area contributed by atoms with Crippen LogP contribution >= 0.6 is 22.7 Å². The fraction of sp³-hybridized carbons (Fsp3) is 0.226. The number of carbonyl (C=O) groups is 2. The Balaban J connectivity index is 0.943. The molecular formula is C62H64N10O2S2+2. The van der Waals surface area contributed by atoms with Crippen molar-refractivity contribution in [2.75, 3.05) is 36.0 Å². The van der Waals surface area contributed by atoms with Crippen molar-refractivity contribution in [3.63, 3.8) is 0 Å². The van der Waals surface area contributed by atoms with Gasteiger partial charge in [-0.15, -0.1) is 0 Å². The van der Waals surface area contributed by atoms with E-state index in [4.69, 9.17) is 11.7 Å². The molecule has 384 valence electrons. The second kappa shape index (κ2) is 23.3. The molecule has 2 aromatic heterocycles. The fourth-order valence-corrected chi connectivity index (χ4v) is 13.1. The number of nitrogens with zero attached hydrogens (tertiary/aromatic N) is 6. The molecule has 76 heavy (non-hydrogen) atoms. The molecule has 2 amide bonds. The number of anilines is 4. The van der Waals surface area contributed by atoms with Gasteiger partial charge in [0.1, 0.15) is 21.0 Å². The zero-order valence-corrected chi connectivity index (χ0v) is 44.3. The number of hydrogen-bond donors (Lipinski definition) is 4. The van der Waals surface area contributed by atoms with Gasteiger partial charge in [-0.3, -0.25) is 30.2 Å². The Labute approximate surface area is 452 Å². The Bertz CT molecular complexity index is 3270. The molecule has 1 fully saturated rings. The molecule has 0 saturated carbocycles. The highest BCUT2D eigenvalue weighted by atomic mass is 32.1. The summed E-state index contributed by atoms with van der Waals surface area (Å²) in [6.07, 6.45) is 15.8. The zero-order chi connectivity index (χ0) is 51.8. The summed E-state index contributed by atoms with van der Waals surface area (Å²) >= 11 is 3.66. The Hall–Kier alpha value is -7.88. The normalized spacial score (nSPS) is 15.5. The molecule has 0 aliphatic carbocycles. The number of amides is 2. The standard InChI is InChI=1S/C62H62N10O2S2/c63-65-57(73)33-9-3-19-35-69-53-29-15-17-31-55(53)75-61(69)43-45-41-59(71(47-21-5-1-6-22-47)51-27-13-11-25-49(45)51)67-37-39-68(40-38-67)60-42-46(50-26-12-14-28-52(50)72(60)48-23-7-2-8-24-48)44-62-70(36-20-4-10-34-58(74)66-64)54-30-16-18-32-56(54)76-62/h1-2,5-8,11-18,21-32,41-44H,3-4,9-10,19-20,33-40,63-64H2/p+2. The Morgan fingerprint density at radius 1 is 0.474 bits per heavy atom. The molecule has 12 nitrogen and oxygen atoms in total. The summed E-state index contributed by atoms with van der Waals surface area (Å²) in [5, 5.41) is 2.40. The molecule has 6 N–H and O–H groups in total. The van der Waals surface area contributed by atoms with Crippen LogP contribution in [0, 0.1) is 0 Å². The highest BCUT2D eigenvalue weighted by Gasteiger charge is 2.34. The Morgan fingerprint density at radius 2 is 0.855 bits per heavy atom. The van der Waals surface area contributed by atoms with Gasteiger partial charge in [0.2, 0.25) is 22.8 Å². The molecule has 0 bridgehead atoms. The van der Waals surface area contributed by atoms with E-state index in [0.717, 1.165) is 112 Å². The molecule has 3 aliphatic heterocycles. The number of aryl methyl sites for hydroxylation is 2. The van der Waals surface area contributed by atoms with E-state index in [1.165, 1.54) is 52.7 Å². The van der Waals surface area contributed by atoms with E-state index in [9.17, 15) is 9.59 Å². The number of rotatable bonds is 18. The van der Waals surface area contributed by atoms with Gasteiger partial charge in [-0.1, -0.05) is 120 Å². The first-order valence-corrected chi connectivity index (χ1v) is 28.2. The number of thiazole rings is 2. The van der Waals surface area contributed by atoms with Gasteiger partial charge >= 0.3 is 0 Å². The molecule has 0 spiro atoms. The van der Waals surface area contributed by atoms with Crippen molar-refractivity contribution >= 4 is 101 Å². The van der Waals surface area contributed by atoms with E-state index < -0.39 is 0 Å². The summed E-state index contributed by atoms with van der Waals surface area (Å²) in [6, 6.07) is 56.5. The lowest BCUT2D eigenvalue weighted by atomic mass is 9.97. The summed E-state index contributed by atoms with van der Waals surface area (Å²) in [6.45, 7) is 4.92. The van der Waals surface area contributed by atoms with Gasteiger partial charge < -0.3 is 9.80 Å². The highest BCUT2D eigenvalue weighted by Crippen LogP contribution is 2.46. The van der Waals surface area contributed by atoms with Crippen LogP contribution in [0.2, 0.25) is 0 Å². The van der Waals surface area contributed by atoms with E-state index in [1.54, 1.807) is 0 Å². The minimum atomic E-state index is -0.120. The van der Waals surface area contributed by atoms with E-state index in [0.29, 0.717) is 12.8 Å². The van der Waals surface area contributed by atoms with Crippen LogP contribution < -0.4 is 41.5 Å². The smallest absolute Gasteiger partial charge is 0.263 e. The van der Waals surface area contributed by atoms with Crippen molar-refractivity contribution in [1.29, 1.82) is 0 Å². The van der Waals surface area contributed by atoms with Gasteiger partial charge in [0.25, 0.3) is 10.0 Å². The fourth-order valence-electron chi connectivity index (χ4n) is 10.9. The van der Waals surface area contributed by atoms with Gasteiger partial charge in [0.15, 0.2) is 13.1 Å². The van der Waals surface area contributed by atoms with E-state index >= 15 is 0 Å². The predicted molar refractivity (Wildman–Crippen MR) is 311 cm³/mol. The van der Waals surface area contributed by atoms with Gasteiger partial charge in [-0.2, -0.15) is 9.13 Å². The highest BCUT2D eigenvalue weighted by molar-refractivity contribution is 7.19. The number of carbonyl (C=O) groups excluding carboxylic acids is 2. The van der Waals surface area contributed by atoms with Gasteiger partial charge in [0, 0.05) is 98.6 Å². The number of benzene rings is 6. The first-order chi connectivity index (χ1) is 37.4. The third-order valence-corrected chi connectivity index (χ3v) is 16.8. The molecular weight excluding hydrogens is 981 g/mol. The zero-order valence-electron chi connectivity index (χ0n) is 42.7. The molecule has 11 rings (SSSR count). The number of fused-ring (bicyclic) bond motifs is 4. The quantitative estimate of drug-likeness (QED) is 0.0220. The Kier molecular flexibility index (Phi) is 15.4. The largest absolute Gasteiger partial charge is 0.354 e. The van der Waals surface area contributed by atoms with Crippen LogP contribution in [-0.4, -0.2) is 47.8 Å². The van der Waals surface area contributed by atoms with Crippen molar-refractivity contribution in [3.8, 4) is 0 Å². The maximum absolute atomic E-state index is 11.9. The summed E-state index contributed by atoms with van der Waals surface area (Å²) in [7, 11) is 0. The molecule has 5 heterocycles. The van der Waals surface area contributed by atoms with Gasteiger partial charge in [0.05, 0.1) is 11.4 Å². The van der Waals surface area contributed by atoms with Gasteiger partial charge in [-0.05, 0) is 97.5 Å². The van der Waals surface area contributed by atoms with E-state index in [1.807, 2.05) is 22.7 Å². The topological polar surface area (TPSA) is 131 Å². The number of aromatic nitrogens is 2. The van der Waals surface area contributed by atoms with Crippen molar-refractivity contribution in [3.05, 3.63) is 203 Å². The summed E-state index contributed by atoms with van der Waals surface area (Å²) in [4.78, 5) is 33.8. The number of unbranched alkanes of at least 4 members (excludes halogenated alkanes) is 4. The number of hydrogen-bond acceptors (Lipinski definition) is 10. The number of nitrogens with two attached hydrogens (primary N) is 2. The number of piperazine rings is 1. The number of allylic oxidation sites excluding steroid dienone is 4. The SMILES string of the molecule is NNC(=O)CCCCC[n+]1c(/C=C2\C=C(N3CCN(C4=C/C(=C\c5sc6ccccc6[n+]5CCCCCC(=O)NN)c5ccccc5N4c4ccccc4)CC3)N(c3ccccc3)c3ccccc32)sc2ccccc21. The number of nitrogens with one attached hydrogen (secondary N) is 2. The molecule has 1 saturated heterocycles. The van der Waals surface area contributed by atoms with Crippen molar-refractivity contribution in [1.82, 2.24) is 20.7 Å². The molecule has 0 radical (unpaired) electrons. The number of hydrazine groups is 2. The maximum atomic E-state index is 11.9. The minimum Gasteiger partial charge on any atom is -0.354 e. The van der Waals surface area contributed by atoms with Crippen LogP contribution in [0.1, 0.15) is 72.5 Å². The third kappa shape index (κ3) is 10.7. The lowest BCUT2D eigenvalue weighted by molar-refractivity contribution is -0.669. The van der Waals surface area contributed by atoms with Crippen molar-refractivity contribution in [2.45, 2.75) is 64.5 Å². The third-order valence-electron chi connectivity index (χ3n) is 14.6. The molecule has 8 aromatic rings. The lowest BCUT2D eigenvalue weighted by Gasteiger charge is -2.46. The second-order valence-electron chi connectivity index (χ2n) is 19.4. The summed E-state index contributed by atoms with van der Waals surface area (Å²) < 4.78 is 7.42. The minimum absolute atomic E-state index is 0.120. The summed E-state index contributed by atoms with van der Waals surface area (Å²) in [5.74, 6) is 12.8.